The van der Waals surface area contributed by atoms with Gasteiger partial charge >= 0.3 is 0 Å². The molecule has 0 aliphatic heterocycles. The minimum absolute atomic E-state index is 0.00268. The first-order valence-electron chi connectivity index (χ1n) is 6.80. The lowest BCUT2D eigenvalue weighted by atomic mass is 10.1. The molecule has 0 aliphatic carbocycles. The lowest BCUT2D eigenvalue weighted by molar-refractivity contribution is -0.684. The van der Waals surface area contributed by atoms with E-state index >= 15 is 0 Å². The van der Waals surface area contributed by atoms with Crippen LogP contribution in [0.2, 0.25) is 0 Å². The number of quaternary nitrogens is 1. The van der Waals surface area contributed by atoms with Crippen LogP contribution in [0.3, 0.4) is 0 Å². The van der Waals surface area contributed by atoms with Crippen molar-refractivity contribution in [3.63, 3.8) is 0 Å². The standard InChI is InChI=1S/C16H20N2O2/c1-11-6-4-7-14(12(11)2)18-16(19)10-17-13(3)15-8-5-9-20-15/h4-9,13,17H,10H2,1-3H3,(H,18,19)/p+1/t13-/m1/s1. The maximum absolute atomic E-state index is 12.0. The molecule has 0 saturated heterocycles. The number of carbonyl (C=O) groups is 1. The van der Waals surface area contributed by atoms with Crippen LogP contribution in [0.15, 0.2) is 41.0 Å². The number of rotatable bonds is 5. The van der Waals surface area contributed by atoms with Crippen molar-refractivity contribution in [2.75, 3.05) is 11.9 Å². The molecule has 2 aromatic rings. The fourth-order valence-corrected chi connectivity index (χ4v) is 2.04. The number of aryl methyl sites for hydroxylation is 1. The second kappa shape index (κ2) is 6.39. The highest BCUT2D eigenvalue weighted by Crippen LogP contribution is 2.17. The normalized spacial score (nSPS) is 12.2. The number of benzene rings is 1. The van der Waals surface area contributed by atoms with Gasteiger partial charge in [-0.15, -0.1) is 0 Å². The Morgan fingerprint density at radius 3 is 2.80 bits per heavy atom. The Kier molecular flexibility index (Phi) is 4.58. The summed E-state index contributed by atoms with van der Waals surface area (Å²) in [7, 11) is 0. The molecule has 4 heteroatoms. The number of hydrogen-bond acceptors (Lipinski definition) is 2. The fourth-order valence-electron chi connectivity index (χ4n) is 2.04. The predicted octanol–water partition coefficient (Wildman–Crippen LogP) is 2.16. The van der Waals surface area contributed by atoms with Crippen LogP contribution in [0, 0.1) is 13.8 Å². The van der Waals surface area contributed by atoms with Gasteiger partial charge in [0.25, 0.3) is 5.91 Å². The van der Waals surface area contributed by atoms with E-state index in [0.29, 0.717) is 6.54 Å². The maximum atomic E-state index is 12.0. The van der Waals surface area contributed by atoms with Crippen LogP contribution < -0.4 is 10.6 Å². The minimum atomic E-state index is -0.00268. The molecule has 0 saturated carbocycles. The molecular formula is C16H21N2O2+. The third-order valence-corrected chi connectivity index (χ3v) is 3.53. The first-order chi connectivity index (χ1) is 9.58. The van der Waals surface area contributed by atoms with Crippen molar-refractivity contribution >= 4 is 11.6 Å². The zero-order chi connectivity index (χ0) is 14.5. The summed E-state index contributed by atoms with van der Waals surface area (Å²) in [5.74, 6) is 0.877. The van der Waals surface area contributed by atoms with Crippen LogP contribution in [0.4, 0.5) is 5.69 Å². The summed E-state index contributed by atoms with van der Waals surface area (Å²) in [5.41, 5.74) is 3.17. The van der Waals surface area contributed by atoms with Gasteiger partial charge in [0, 0.05) is 5.69 Å². The van der Waals surface area contributed by atoms with Gasteiger partial charge in [-0.25, -0.2) is 0 Å². The number of amides is 1. The van der Waals surface area contributed by atoms with Crippen LogP contribution >= 0.6 is 0 Å². The molecule has 1 atom stereocenters. The van der Waals surface area contributed by atoms with E-state index in [-0.39, 0.29) is 11.9 Å². The molecule has 0 unspecified atom stereocenters. The highest BCUT2D eigenvalue weighted by atomic mass is 16.3. The molecule has 0 radical (unpaired) electrons. The van der Waals surface area contributed by atoms with E-state index in [0.717, 1.165) is 17.0 Å². The summed E-state index contributed by atoms with van der Waals surface area (Å²) < 4.78 is 5.32. The zero-order valence-corrected chi connectivity index (χ0v) is 12.1. The Morgan fingerprint density at radius 2 is 2.10 bits per heavy atom. The average Bonchev–Trinajstić information content (AvgIpc) is 2.95. The highest BCUT2D eigenvalue weighted by Gasteiger charge is 2.14. The fraction of sp³-hybridized carbons (Fsp3) is 0.312. The van der Waals surface area contributed by atoms with E-state index < -0.39 is 0 Å². The van der Waals surface area contributed by atoms with Crippen LogP contribution in [0.25, 0.3) is 0 Å². The van der Waals surface area contributed by atoms with Crippen molar-refractivity contribution in [2.45, 2.75) is 26.8 Å². The van der Waals surface area contributed by atoms with E-state index in [2.05, 4.69) is 5.32 Å². The molecule has 20 heavy (non-hydrogen) atoms. The van der Waals surface area contributed by atoms with Crippen LogP contribution in [0.5, 0.6) is 0 Å². The van der Waals surface area contributed by atoms with Gasteiger partial charge in [0.05, 0.1) is 6.26 Å². The zero-order valence-electron chi connectivity index (χ0n) is 12.1. The van der Waals surface area contributed by atoms with Gasteiger partial charge in [-0.3, -0.25) is 4.79 Å². The van der Waals surface area contributed by atoms with Gasteiger partial charge in [0.15, 0.2) is 12.3 Å². The quantitative estimate of drug-likeness (QED) is 0.877. The summed E-state index contributed by atoms with van der Waals surface area (Å²) in [6.45, 7) is 6.44. The topological polar surface area (TPSA) is 58.9 Å². The molecule has 0 fully saturated rings. The summed E-state index contributed by atoms with van der Waals surface area (Å²) in [6.07, 6.45) is 1.65. The molecule has 1 aromatic heterocycles. The van der Waals surface area contributed by atoms with E-state index in [1.807, 2.05) is 56.4 Å². The third kappa shape index (κ3) is 3.48. The van der Waals surface area contributed by atoms with Crippen molar-refractivity contribution in [1.82, 2.24) is 0 Å². The lowest BCUT2D eigenvalue weighted by Crippen LogP contribution is -2.86. The van der Waals surface area contributed by atoms with Gasteiger partial charge in [-0.1, -0.05) is 12.1 Å². The monoisotopic (exact) mass is 273 g/mol. The summed E-state index contributed by atoms with van der Waals surface area (Å²) >= 11 is 0. The smallest absolute Gasteiger partial charge is 0.279 e. The molecule has 4 nitrogen and oxygen atoms in total. The lowest BCUT2D eigenvalue weighted by Gasteiger charge is -2.11. The average molecular weight is 273 g/mol. The molecule has 1 heterocycles. The molecular weight excluding hydrogens is 252 g/mol. The Morgan fingerprint density at radius 1 is 1.30 bits per heavy atom. The van der Waals surface area contributed by atoms with Gasteiger partial charge in [-0.2, -0.15) is 0 Å². The van der Waals surface area contributed by atoms with Gasteiger partial charge in [0.2, 0.25) is 0 Å². The van der Waals surface area contributed by atoms with Gasteiger partial charge < -0.3 is 15.1 Å². The molecule has 3 N–H and O–H groups in total. The number of carbonyl (C=O) groups excluding carboxylic acids is 1. The molecule has 0 bridgehead atoms. The summed E-state index contributed by atoms with van der Waals surface area (Å²) in [4.78, 5) is 12.0. The van der Waals surface area contributed by atoms with Crippen molar-refractivity contribution in [2.24, 2.45) is 0 Å². The first kappa shape index (κ1) is 14.3. The molecule has 106 valence electrons. The second-order valence-electron chi connectivity index (χ2n) is 5.04. The second-order valence-corrected chi connectivity index (χ2v) is 5.04. The molecule has 0 aliphatic rings. The number of nitrogens with two attached hydrogens (primary N) is 1. The van der Waals surface area contributed by atoms with Gasteiger partial charge in [-0.05, 0) is 50.1 Å². The largest absolute Gasteiger partial charge is 0.463 e. The minimum Gasteiger partial charge on any atom is -0.463 e. The Labute approximate surface area is 119 Å². The number of furan rings is 1. The predicted molar refractivity (Wildman–Crippen MR) is 78.5 cm³/mol. The molecule has 1 amide bonds. The number of hydrogen-bond donors (Lipinski definition) is 2. The van der Waals surface area contributed by atoms with Crippen LogP contribution in [-0.4, -0.2) is 12.5 Å². The van der Waals surface area contributed by atoms with Crippen molar-refractivity contribution < 1.29 is 14.5 Å². The van der Waals surface area contributed by atoms with Crippen molar-refractivity contribution in [1.29, 1.82) is 0 Å². The summed E-state index contributed by atoms with van der Waals surface area (Å²) in [5, 5.41) is 4.91. The highest BCUT2D eigenvalue weighted by molar-refractivity contribution is 5.92. The van der Waals surface area contributed by atoms with Crippen LogP contribution in [0.1, 0.15) is 29.9 Å². The first-order valence-corrected chi connectivity index (χ1v) is 6.80. The van der Waals surface area contributed by atoms with Crippen LogP contribution in [-0.2, 0) is 4.79 Å². The molecule has 0 spiro atoms. The van der Waals surface area contributed by atoms with E-state index in [4.69, 9.17) is 4.42 Å². The van der Waals surface area contributed by atoms with E-state index in [9.17, 15) is 4.79 Å². The SMILES string of the molecule is Cc1cccc(NC(=O)C[NH2+][C@H](C)c2ccco2)c1C. The van der Waals surface area contributed by atoms with Gasteiger partial charge in [0.1, 0.15) is 6.04 Å². The Hall–Kier alpha value is -2.07. The molecule has 1 aromatic carbocycles. The van der Waals surface area contributed by atoms with E-state index in [1.165, 1.54) is 5.56 Å². The Bertz CT molecular complexity index is 576. The van der Waals surface area contributed by atoms with Crippen molar-refractivity contribution in [3.05, 3.63) is 53.5 Å². The van der Waals surface area contributed by atoms with Crippen molar-refractivity contribution in [3.8, 4) is 0 Å². The maximum Gasteiger partial charge on any atom is 0.279 e. The summed E-state index contributed by atoms with van der Waals surface area (Å²) in [6, 6.07) is 9.83. The molecule has 2 rings (SSSR count). The Balaban J connectivity index is 1.88. The van der Waals surface area contributed by atoms with E-state index in [1.54, 1.807) is 6.26 Å². The third-order valence-electron chi connectivity index (χ3n) is 3.53. The number of anilines is 1. The number of nitrogens with one attached hydrogen (secondary N) is 1.